The molecule has 0 saturated heterocycles. The number of rotatable bonds is 4. The normalized spacial score (nSPS) is 15.8. The summed E-state index contributed by atoms with van der Waals surface area (Å²) in [6.45, 7) is 2.58. The van der Waals surface area contributed by atoms with Gasteiger partial charge in [-0.2, -0.15) is 5.10 Å². The molecule has 2 rings (SSSR count). The molecule has 76 valence electrons. The monoisotopic (exact) mass is 194 g/mol. The lowest BCUT2D eigenvalue weighted by Crippen LogP contribution is -1.99. The van der Waals surface area contributed by atoms with E-state index in [1.165, 1.54) is 12.8 Å². The molecule has 1 N–H and O–H groups in total. The van der Waals surface area contributed by atoms with E-state index in [1.807, 2.05) is 0 Å². The summed E-state index contributed by atoms with van der Waals surface area (Å²) in [6, 6.07) is 0. The summed E-state index contributed by atoms with van der Waals surface area (Å²) in [5, 5.41) is 13.0. The van der Waals surface area contributed by atoms with Gasteiger partial charge in [0.1, 0.15) is 5.56 Å². The van der Waals surface area contributed by atoms with Crippen molar-refractivity contribution in [1.29, 1.82) is 0 Å². The van der Waals surface area contributed by atoms with Crippen LogP contribution in [0.3, 0.4) is 0 Å². The van der Waals surface area contributed by atoms with E-state index in [2.05, 4.69) is 5.10 Å². The second kappa shape index (κ2) is 3.44. The van der Waals surface area contributed by atoms with Crippen LogP contribution in [0.5, 0.6) is 0 Å². The summed E-state index contributed by atoms with van der Waals surface area (Å²) in [5.41, 5.74) is 0.925. The quantitative estimate of drug-likeness (QED) is 0.793. The van der Waals surface area contributed by atoms with E-state index < -0.39 is 5.97 Å². The lowest BCUT2D eigenvalue weighted by molar-refractivity contribution is 0.0696. The average Bonchev–Trinajstić information content (AvgIpc) is 2.86. The third-order valence-corrected chi connectivity index (χ3v) is 2.64. The minimum absolute atomic E-state index is 0.320. The van der Waals surface area contributed by atoms with Gasteiger partial charge in [-0.3, -0.25) is 4.68 Å². The number of aromatic nitrogens is 2. The molecule has 0 unspecified atom stereocenters. The SMILES string of the molecule is Cc1nn(CCC2CC2)cc1C(=O)O. The summed E-state index contributed by atoms with van der Waals surface area (Å²) in [4.78, 5) is 10.7. The summed E-state index contributed by atoms with van der Waals surface area (Å²) in [5.74, 6) is -0.0343. The number of aryl methyl sites for hydroxylation is 2. The third-order valence-electron chi connectivity index (χ3n) is 2.64. The Kier molecular flexibility index (Phi) is 2.27. The summed E-state index contributed by atoms with van der Waals surface area (Å²) >= 11 is 0. The topological polar surface area (TPSA) is 55.1 Å². The van der Waals surface area contributed by atoms with Gasteiger partial charge in [-0.25, -0.2) is 4.79 Å². The zero-order valence-electron chi connectivity index (χ0n) is 8.23. The minimum atomic E-state index is -0.889. The molecule has 14 heavy (non-hydrogen) atoms. The highest BCUT2D eigenvalue weighted by atomic mass is 16.4. The van der Waals surface area contributed by atoms with E-state index in [0.717, 1.165) is 18.9 Å². The van der Waals surface area contributed by atoms with Crippen LogP contribution >= 0.6 is 0 Å². The fourth-order valence-corrected chi connectivity index (χ4v) is 1.56. The van der Waals surface area contributed by atoms with Crippen molar-refractivity contribution < 1.29 is 9.90 Å². The number of carbonyl (C=O) groups is 1. The van der Waals surface area contributed by atoms with Crippen molar-refractivity contribution in [3.63, 3.8) is 0 Å². The summed E-state index contributed by atoms with van der Waals surface area (Å²) in [7, 11) is 0. The van der Waals surface area contributed by atoms with Gasteiger partial charge in [0.25, 0.3) is 0 Å². The van der Waals surface area contributed by atoms with Gasteiger partial charge in [0.2, 0.25) is 0 Å². The van der Waals surface area contributed by atoms with Crippen molar-refractivity contribution in [1.82, 2.24) is 9.78 Å². The highest BCUT2D eigenvalue weighted by Crippen LogP contribution is 2.32. The lowest BCUT2D eigenvalue weighted by Gasteiger charge is -1.97. The van der Waals surface area contributed by atoms with Gasteiger partial charge in [0.15, 0.2) is 0 Å². The van der Waals surface area contributed by atoms with Crippen LogP contribution in [0, 0.1) is 12.8 Å². The van der Waals surface area contributed by atoms with Gasteiger partial charge in [-0.1, -0.05) is 12.8 Å². The first kappa shape index (κ1) is 9.24. The zero-order chi connectivity index (χ0) is 10.1. The molecule has 0 aromatic carbocycles. The molecule has 1 saturated carbocycles. The van der Waals surface area contributed by atoms with E-state index in [4.69, 9.17) is 5.11 Å². The molecular weight excluding hydrogens is 180 g/mol. The van der Waals surface area contributed by atoms with E-state index in [-0.39, 0.29) is 0 Å². The van der Waals surface area contributed by atoms with Gasteiger partial charge in [-0.05, 0) is 19.3 Å². The molecule has 4 nitrogen and oxygen atoms in total. The number of hydrogen-bond acceptors (Lipinski definition) is 2. The van der Waals surface area contributed by atoms with Gasteiger partial charge in [-0.15, -0.1) is 0 Å². The molecule has 0 aliphatic heterocycles. The Bertz CT molecular complexity index is 353. The molecule has 0 bridgehead atoms. The van der Waals surface area contributed by atoms with Crippen molar-refractivity contribution >= 4 is 5.97 Å². The number of hydrogen-bond donors (Lipinski definition) is 1. The number of aromatic carboxylic acids is 1. The summed E-state index contributed by atoms with van der Waals surface area (Å²) in [6.07, 6.45) is 5.40. The van der Waals surface area contributed by atoms with Crippen molar-refractivity contribution in [3.8, 4) is 0 Å². The molecule has 4 heteroatoms. The molecule has 0 amide bonds. The molecule has 1 aliphatic carbocycles. The van der Waals surface area contributed by atoms with Crippen LogP contribution in [0.4, 0.5) is 0 Å². The van der Waals surface area contributed by atoms with E-state index >= 15 is 0 Å². The Labute approximate surface area is 82.5 Å². The molecular formula is C10H14N2O2. The third kappa shape index (κ3) is 1.95. The Morgan fingerprint density at radius 1 is 1.71 bits per heavy atom. The van der Waals surface area contributed by atoms with Crippen molar-refractivity contribution in [3.05, 3.63) is 17.5 Å². The molecule has 1 aliphatic rings. The maximum absolute atomic E-state index is 10.7. The fourth-order valence-electron chi connectivity index (χ4n) is 1.56. The van der Waals surface area contributed by atoms with Crippen LogP contribution in [0.1, 0.15) is 35.3 Å². The van der Waals surface area contributed by atoms with E-state index in [9.17, 15) is 4.79 Å². The van der Waals surface area contributed by atoms with Gasteiger partial charge >= 0.3 is 5.97 Å². The highest BCUT2D eigenvalue weighted by Gasteiger charge is 2.21. The number of carboxylic acid groups (broad SMARTS) is 1. The minimum Gasteiger partial charge on any atom is -0.478 e. The van der Waals surface area contributed by atoms with Crippen LogP contribution in [-0.2, 0) is 6.54 Å². The van der Waals surface area contributed by atoms with Crippen LogP contribution in [-0.4, -0.2) is 20.9 Å². The molecule has 1 aromatic heterocycles. The van der Waals surface area contributed by atoms with Crippen LogP contribution in [0.25, 0.3) is 0 Å². The van der Waals surface area contributed by atoms with Crippen molar-refractivity contribution in [2.75, 3.05) is 0 Å². The van der Waals surface area contributed by atoms with Crippen LogP contribution in [0.15, 0.2) is 6.20 Å². The predicted molar refractivity (Wildman–Crippen MR) is 51.3 cm³/mol. The Morgan fingerprint density at radius 3 is 2.93 bits per heavy atom. The number of carboxylic acids is 1. The Morgan fingerprint density at radius 2 is 2.43 bits per heavy atom. The van der Waals surface area contributed by atoms with E-state index in [0.29, 0.717) is 11.3 Å². The molecule has 1 fully saturated rings. The van der Waals surface area contributed by atoms with Gasteiger partial charge < -0.3 is 5.11 Å². The van der Waals surface area contributed by atoms with Crippen LogP contribution < -0.4 is 0 Å². The fraction of sp³-hybridized carbons (Fsp3) is 0.600. The van der Waals surface area contributed by atoms with Crippen molar-refractivity contribution in [2.24, 2.45) is 5.92 Å². The summed E-state index contributed by atoms with van der Waals surface area (Å²) < 4.78 is 1.75. The first-order valence-electron chi connectivity index (χ1n) is 4.94. The largest absolute Gasteiger partial charge is 0.478 e. The second-order valence-electron chi connectivity index (χ2n) is 3.93. The van der Waals surface area contributed by atoms with Crippen LogP contribution in [0.2, 0.25) is 0 Å². The Balaban J connectivity index is 2.02. The van der Waals surface area contributed by atoms with E-state index in [1.54, 1.807) is 17.8 Å². The lowest BCUT2D eigenvalue weighted by atomic mass is 10.3. The smallest absolute Gasteiger partial charge is 0.339 e. The molecule has 1 heterocycles. The van der Waals surface area contributed by atoms with Gasteiger partial charge in [0.05, 0.1) is 5.69 Å². The van der Waals surface area contributed by atoms with Gasteiger partial charge in [0, 0.05) is 12.7 Å². The average molecular weight is 194 g/mol. The maximum Gasteiger partial charge on any atom is 0.339 e. The maximum atomic E-state index is 10.7. The van der Waals surface area contributed by atoms with Crippen molar-refractivity contribution in [2.45, 2.75) is 32.7 Å². The Hall–Kier alpha value is -1.32. The first-order valence-corrected chi connectivity index (χ1v) is 4.94. The standard InChI is InChI=1S/C10H14N2O2/c1-7-9(10(13)14)6-12(11-7)5-4-8-2-3-8/h6,8H,2-5H2,1H3,(H,13,14). The number of nitrogens with zero attached hydrogens (tertiary/aromatic N) is 2. The first-order chi connectivity index (χ1) is 6.66. The predicted octanol–water partition coefficient (Wildman–Crippen LogP) is 1.69. The molecule has 0 spiro atoms. The molecule has 0 radical (unpaired) electrons. The molecule has 0 atom stereocenters. The zero-order valence-corrected chi connectivity index (χ0v) is 8.23. The second-order valence-corrected chi connectivity index (χ2v) is 3.93. The molecule has 1 aromatic rings. The highest BCUT2D eigenvalue weighted by molar-refractivity contribution is 5.88.